The number of fused-ring (bicyclic) bond motifs is 2. The van der Waals surface area contributed by atoms with Crippen LogP contribution in [0.15, 0.2) is 24.7 Å². The summed E-state index contributed by atoms with van der Waals surface area (Å²) >= 11 is 0. The van der Waals surface area contributed by atoms with Crippen LogP contribution in [0, 0.1) is 0 Å². The summed E-state index contributed by atoms with van der Waals surface area (Å²) in [5, 5.41) is 20.4. The van der Waals surface area contributed by atoms with Gasteiger partial charge in [0.25, 0.3) is 5.91 Å². The Hall–Kier alpha value is -3.04. The fourth-order valence-electron chi connectivity index (χ4n) is 3.35. The maximum Gasteiger partial charge on any atom is 0.272 e. The first-order valence-corrected chi connectivity index (χ1v) is 7.58. The van der Waals surface area contributed by atoms with Gasteiger partial charge in [-0.15, -0.1) is 10.2 Å². The lowest BCUT2D eigenvalue weighted by atomic mass is 10.2. The quantitative estimate of drug-likeness (QED) is 0.759. The molecule has 4 heterocycles. The second kappa shape index (κ2) is 5.55. The third-order valence-corrected chi connectivity index (χ3v) is 4.46. The van der Waals surface area contributed by atoms with Crippen LogP contribution in [0.3, 0.4) is 0 Å². The van der Waals surface area contributed by atoms with E-state index in [0.717, 1.165) is 6.42 Å². The van der Waals surface area contributed by atoms with Crippen molar-refractivity contribution in [1.82, 2.24) is 35.0 Å². The molecule has 0 aliphatic carbocycles. The van der Waals surface area contributed by atoms with E-state index in [1.54, 1.807) is 9.80 Å². The number of amides is 2. The highest BCUT2D eigenvalue weighted by atomic mass is 16.3. The van der Waals surface area contributed by atoms with Gasteiger partial charge in [0, 0.05) is 13.1 Å². The van der Waals surface area contributed by atoms with Gasteiger partial charge in [0.1, 0.15) is 18.0 Å². The molecule has 2 fully saturated rings. The highest BCUT2D eigenvalue weighted by Gasteiger charge is 2.47. The van der Waals surface area contributed by atoms with Crippen molar-refractivity contribution in [3.05, 3.63) is 30.4 Å². The monoisotopic (exact) mass is 329 g/mol. The van der Waals surface area contributed by atoms with E-state index >= 15 is 0 Å². The van der Waals surface area contributed by atoms with Crippen LogP contribution in [0.4, 0.5) is 0 Å². The average molecular weight is 329 g/mol. The number of pyridine rings is 1. The fraction of sp³-hybridized carbons (Fsp3) is 0.429. The number of carbonyl (C=O) groups is 2. The van der Waals surface area contributed by atoms with Gasteiger partial charge in [0.2, 0.25) is 5.91 Å². The molecule has 2 aromatic heterocycles. The molecule has 4 rings (SSSR count). The number of hydrogen-bond donors (Lipinski definition) is 1. The van der Waals surface area contributed by atoms with Crippen molar-refractivity contribution in [2.24, 2.45) is 0 Å². The largest absolute Gasteiger partial charge is 0.506 e. The number of aromatic hydroxyl groups is 1. The maximum atomic E-state index is 12.5. The zero-order valence-corrected chi connectivity index (χ0v) is 12.7. The van der Waals surface area contributed by atoms with Crippen molar-refractivity contribution in [1.29, 1.82) is 0 Å². The predicted octanol–water partition coefficient (Wildman–Crippen LogP) is -1.10. The molecule has 0 spiro atoms. The molecule has 2 aromatic rings. The van der Waals surface area contributed by atoms with Crippen molar-refractivity contribution < 1.29 is 14.7 Å². The Kier molecular flexibility index (Phi) is 3.36. The second-order valence-electron chi connectivity index (χ2n) is 5.91. The molecule has 2 amide bonds. The number of aromatic nitrogens is 5. The maximum absolute atomic E-state index is 12.5. The van der Waals surface area contributed by atoms with E-state index in [4.69, 9.17) is 0 Å². The molecule has 2 atom stereocenters. The molecule has 0 aromatic carbocycles. The smallest absolute Gasteiger partial charge is 0.272 e. The summed E-state index contributed by atoms with van der Waals surface area (Å²) in [5.41, 5.74) is 0.296. The molecule has 0 unspecified atom stereocenters. The summed E-state index contributed by atoms with van der Waals surface area (Å²) in [4.78, 5) is 33.6. The van der Waals surface area contributed by atoms with Crippen LogP contribution in [0.5, 0.6) is 5.75 Å². The van der Waals surface area contributed by atoms with E-state index in [1.807, 2.05) is 0 Å². The van der Waals surface area contributed by atoms with Gasteiger partial charge < -0.3 is 14.9 Å². The average Bonchev–Trinajstić information content (AvgIpc) is 3.31. The van der Waals surface area contributed by atoms with Gasteiger partial charge in [-0.3, -0.25) is 9.59 Å². The Balaban J connectivity index is 1.41. The first-order chi connectivity index (χ1) is 11.6. The summed E-state index contributed by atoms with van der Waals surface area (Å²) in [6, 6.07) is 2.94. The van der Waals surface area contributed by atoms with Crippen LogP contribution in [0.25, 0.3) is 0 Å². The van der Waals surface area contributed by atoms with E-state index < -0.39 is 0 Å². The van der Waals surface area contributed by atoms with Crippen molar-refractivity contribution in [2.45, 2.75) is 25.0 Å². The van der Waals surface area contributed by atoms with Gasteiger partial charge in [-0.2, -0.15) is 4.80 Å². The van der Waals surface area contributed by atoms with Crippen molar-refractivity contribution >= 4 is 11.8 Å². The fourth-order valence-corrected chi connectivity index (χ4v) is 3.35. The van der Waals surface area contributed by atoms with Gasteiger partial charge in [-0.1, -0.05) is 0 Å². The Bertz CT molecular complexity index is 761. The van der Waals surface area contributed by atoms with Gasteiger partial charge in [0.05, 0.1) is 18.3 Å². The molecular formula is C14H15N7O3. The summed E-state index contributed by atoms with van der Waals surface area (Å²) in [7, 11) is 0. The number of piperazine rings is 1. The molecule has 10 nitrogen and oxygen atoms in total. The number of carbonyl (C=O) groups excluding carboxylic acids is 2. The number of rotatable bonds is 3. The van der Waals surface area contributed by atoms with E-state index in [-0.39, 0.29) is 36.2 Å². The van der Waals surface area contributed by atoms with Gasteiger partial charge >= 0.3 is 0 Å². The third-order valence-electron chi connectivity index (χ3n) is 4.46. The Morgan fingerprint density at radius 3 is 2.62 bits per heavy atom. The first kappa shape index (κ1) is 14.5. The number of nitrogens with zero attached hydrogens (tertiary/aromatic N) is 7. The minimum Gasteiger partial charge on any atom is -0.506 e. The molecular weight excluding hydrogens is 314 g/mol. The lowest BCUT2D eigenvalue weighted by molar-refractivity contribution is -0.134. The van der Waals surface area contributed by atoms with Crippen LogP contribution in [-0.2, 0) is 11.3 Å². The van der Waals surface area contributed by atoms with Gasteiger partial charge in [-0.25, -0.2) is 4.98 Å². The molecule has 2 bridgehead atoms. The first-order valence-electron chi connectivity index (χ1n) is 7.58. The lowest BCUT2D eigenvalue weighted by Crippen LogP contribution is -2.51. The molecule has 2 saturated heterocycles. The second-order valence-corrected chi connectivity index (χ2v) is 5.91. The molecule has 1 N–H and O–H groups in total. The Labute approximate surface area is 136 Å². The summed E-state index contributed by atoms with van der Waals surface area (Å²) in [6.45, 7) is 1.04. The highest BCUT2D eigenvalue weighted by Crippen LogP contribution is 2.31. The van der Waals surface area contributed by atoms with Crippen molar-refractivity contribution in [3.63, 3.8) is 0 Å². The van der Waals surface area contributed by atoms with Crippen LogP contribution in [0.2, 0.25) is 0 Å². The Morgan fingerprint density at radius 1 is 1.21 bits per heavy atom. The zero-order valence-electron chi connectivity index (χ0n) is 12.7. The standard InChI is InChI=1S/C14H15N7O3/c22-11-1-2-12(15-4-11)14(24)20-6-9-3-10(20)5-19(9)13(23)7-21-17-8-16-18-21/h1-2,4,8-10,22H,3,5-7H2/t9-,10-/m0/s1. The number of likely N-dealkylation sites (tertiary alicyclic amines) is 2. The van der Waals surface area contributed by atoms with Crippen LogP contribution < -0.4 is 0 Å². The van der Waals surface area contributed by atoms with E-state index in [2.05, 4.69) is 20.4 Å². The molecule has 0 radical (unpaired) electrons. The highest BCUT2D eigenvalue weighted by molar-refractivity contribution is 5.93. The van der Waals surface area contributed by atoms with Crippen molar-refractivity contribution in [3.8, 4) is 5.75 Å². The molecule has 2 aliphatic rings. The molecule has 10 heteroatoms. The van der Waals surface area contributed by atoms with Crippen LogP contribution in [-0.4, -0.2) is 77.1 Å². The summed E-state index contributed by atoms with van der Waals surface area (Å²) in [6.07, 6.45) is 3.30. The number of tetrazole rings is 1. The van der Waals surface area contributed by atoms with Crippen LogP contribution >= 0.6 is 0 Å². The Morgan fingerprint density at radius 2 is 2.00 bits per heavy atom. The third kappa shape index (κ3) is 2.45. The molecule has 2 aliphatic heterocycles. The van der Waals surface area contributed by atoms with E-state index in [0.29, 0.717) is 18.8 Å². The van der Waals surface area contributed by atoms with E-state index in [1.165, 1.54) is 29.5 Å². The SMILES string of the molecule is O=C(Cn1ncnn1)N1C[C@@H]2C[C@H]1CN2C(=O)c1ccc(O)cn1. The van der Waals surface area contributed by atoms with Gasteiger partial charge in [0.15, 0.2) is 6.33 Å². The summed E-state index contributed by atoms with van der Waals surface area (Å²) in [5.74, 6) is -0.226. The summed E-state index contributed by atoms with van der Waals surface area (Å²) < 4.78 is 0. The molecule has 0 saturated carbocycles. The number of hydrogen-bond acceptors (Lipinski definition) is 7. The molecule has 24 heavy (non-hydrogen) atoms. The van der Waals surface area contributed by atoms with E-state index in [9.17, 15) is 14.7 Å². The van der Waals surface area contributed by atoms with Gasteiger partial charge in [-0.05, 0) is 23.8 Å². The topological polar surface area (TPSA) is 117 Å². The normalized spacial score (nSPS) is 22.2. The minimum atomic E-state index is -0.174. The van der Waals surface area contributed by atoms with Crippen LogP contribution in [0.1, 0.15) is 16.9 Å². The minimum absolute atomic E-state index is 0.00656. The van der Waals surface area contributed by atoms with Crippen molar-refractivity contribution in [2.75, 3.05) is 13.1 Å². The zero-order chi connectivity index (χ0) is 16.7. The lowest BCUT2D eigenvalue weighted by Gasteiger charge is -2.34. The molecule has 124 valence electrons. The predicted molar refractivity (Wildman–Crippen MR) is 78.7 cm³/mol.